The van der Waals surface area contributed by atoms with Gasteiger partial charge in [0.15, 0.2) is 11.5 Å². The summed E-state index contributed by atoms with van der Waals surface area (Å²) in [6.45, 7) is 2.05. The molecule has 1 aromatic carbocycles. The summed E-state index contributed by atoms with van der Waals surface area (Å²) in [7, 11) is 0. The van der Waals surface area contributed by atoms with E-state index in [0.29, 0.717) is 17.1 Å². The number of hydrogen-bond acceptors (Lipinski definition) is 6. The Kier molecular flexibility index (Phi) is 3.69. The van der Waals surface area contributed by atoms with Crippen molar-refractivity contribution in [3.05, 3.63) is 23.8 Å². The molecule has 6 nitrogen and oxygen atoms in total. The second kappa shape index (κ2) is 5.24. The predicted octanol–water partition coefficient (Wildman–Crippen LogP) is 0.339. The van der Waals surface area contributed by atoms with Crippen molar-refractivity contribution in [2.75, 3.05) is 13.4 Å². The quantitative estimate of drug-likeness (QED) is 0.752. The second-order valence-electron chi connectivity index (χ2n) is 3.84. The summed E-state index contributed by atoms with van der Waals surface area (Å²) in [4.78, 5) is 11.4. The fourth-order valence-corrected chi connectivity index (χ4v) is 1.67. The second-order valence-corrected chi connectivity index (χ2v) is 3.84. The average molecular weight is 253 g/mol. The van der Waals surface area contributed by atoms with Crippen LogP contribution in [-0.2, 0) is 9.53 Å². The molecule has 1 aliphatic rings. The van der Waals surface area contributed by atoms with Gasteiger partial charge in [-0.1, -0.05) is 6.07 Å². The van der Waals surface area contributed by atoms with Gasteiger partial charge in [0, 0.05) is 0 Å². The van der Waals surface area contributed by atoms with Crippen LogP contribution in [0.4, 0.5) is 0 Å². The first-order valence-corrected chi connectivity index (χ1v) is 5.63. The summed E-state index contributed by atoms with van der Waals surface area (Å²) in [5, 5.41) is 10.00. The molecule has 0 radical (unpaired) electrons. The predicted molar refractivity (Wildman–Crippen MR) is 62.1 cm³/mol. The van der Waals surface area contributed by atoms with E-state index in [2.05, 4.69) is 0 Å². The van der Waals surface area contributed by atoms with E-state index in [1.54, 1.807) is 25.1 Å². The van der Waals surface area contributed by atoms with Crippen LogP contribution in [0.3, 0.4) is 0 Å². The maximum atomic E-state index is 11.4. The molecule has 1 heterocycles. The van der Waals surface area contributed by atoms with Crippen LogP contribution in [0, 0.1) is 0 Å². The van der Waals surface area contributed by atoms with Gasteiger partial charge in [-0.25, -0.2) is 0 Å². The number of aliphatic hydroxyl groups is 1. The highest BCUT2D eigenvalue weighted by molar-refractivity contribution is 5.76. The Hall–Kier alpha value is -1.79. The molecule has 2 rings (SSSR count). The molecular formula is C12H15NO5. The molecule has 0 aromatic heterocycles. The molecule has 3 N–H and O–H groups in total. The zero-order valence-electron chi connectivity index (χ0n) is 9.96. The fraction of sp³-hybridized carbons (Fsp3) is 0.417. The summed E-state index contributed by atoms with van der Waals surface area (Å²) >= 11 is 0. The smallest absolute Gasteiger partial charge is 0.325 e. The van der Waals surface area contributed by atoms with Crippen molar-refractivity contribution < 1.29 is 24.1 Å². The normalized spacial score (nSPS) is 16.2. The van der Waals surface area contributed by atoms with Crippen LogP contribution in [0.25, 0.3) is 0 Å². The lowest BCUT2D eigenvalue weighted by atomic mass is 10.0. The third-order valence-corrected chi connectivity index (χ3v) is 2.64. The highest BCUT2D eigenvalue weighted by atomic mass is 16.7. The summed E-state index contributed by atoms with van der Waals surface area (Å²) in [6, 6.07) is 3.78. The average Bonchev–Trinajstić information content (AvgIpc) is 2.84. The van der Waals surface area contributed by atoms with Crippen molar-refractivity contribution in [2.45, 2.75) is 19.1 Å². The first-order valence-electron chi connectivity index (χ1n) is 5.63. The zero-order valence-corrected chi connectivity index (χ0v) is 9.96. The van der Waals surface area contributed by atoms with E-state index in [1.807, 2.05) is 0 Å². The van der Waals surface area contributed by atoms with Crippen LogP contribution >= 0.6 is 0 Å². The van der Waals surface area contributed by atoms with Crippen LogP contribution in [0.1, 0.15) is 18.6 Å². The molecule has 0 saturated carbocycles. The first kappa shape index (κ1) is 12.7. The van der Waals surface area contributed by atoms with Gasteiger partial charge in [-0.05, 0) is 24.6 Å². The minimum absolute atomic E-state index is 0.152. The lowest BCUT2D eigenvalue weighted by molar-refractivity contribution is -0.147. The van der Waals surface area contributed by atoms with Gasteiger partial charge in [-0.15, -0.1) is 0 Å². The number of benzene rings is 1. The standard InChI is InChI=1S/C12H15NO5/c1-2-16-12(15)10(13)11(14)7-3-4-8-9(5-7)18-6-17-8/h3-5,10-11,14H,2,6,13H2,1H3/t10-,11-/m1/s1. The molecule has 0 unspecified atom stereocenters. The van der Waals surface area contributed by atoms with Crippen molar-refractivity contribution in [3.63, 3.8) is 0 Å². The van der Waals surface area contributed by atoms with Gasteiger partial charge in [-0.2, -0.15) is 0 Å². The summed E-state index contributed by atoms with van der Waals surface area (Å²) < 4.78 is 15.1. The Morgan fingerprint density at radius 2 is 2.22 bits per heavy atom. The number of hydrogen-bond donors (Lipinski definition) is 2. The van der Waals surface area contributed by atoms with Crippen LogP contribution in [0.2, 0.25) is 0 Å². The molecule has 0 spiro atoms. The molecule has 0 fully saturated rings. The molecule has 0 saturated heterocycles. The van der Waals surface area contributed by atoms with E-state index in [0.717, 1.165) is 0 Å². The van der Waals surface area contributed by atoms with Crippen LogP contribution in [0.5, 0.6) is 11.5 Å². The lowest BCUT2D eigenvalue weighted by Crippen LogP contribution is -2.38. The lowest BCUT2D eigenvalue weighted by Gasteiger charge is -2.17. The SMILES string of the molecule is CCOC(=O)[C@H](N)[C@H](O)c1ccc2c(c1)OCO2. The van der Waals surface area contributed by atoms with E-state index in [1.165, 1.54) is 0 Å². The number of nitrogens with two attached hydrogens (primary N) is 1. The highest BCUT2D eigenvalue weighted by Gasteiger charge is 2.26. The molecule has 1 aromatic rings. The number of aliphatic hydroxyl groups excluding tert-OH is 1. The molecular weight excluding hydrogens is 238 g/mol. The first-order chi connectivity index (χ1) is 8.63. The minimum atomic E-state index is -1.14. The summed E-state index contributed by atoms with van der Waals surface area (Å²) in [5.74, 6) is 0.501. The minimum Gasteiger partial charge on any atom is -0.465 e. The molecule has 0 amide bonds. The van der Waals surface area contributed by atoms with Crippen molar-refractivity contribution >= 4 is 5.97 Å². The van der Waals surface area contributed by atoms with E-state index in [-0.39, 0.29) is 13.4 Å². The molecule has 18 heavy (non-hydrogen) atoms. The van der Waals surface area contributed by atoms with E-state index < -0.39 is 18.1 Å². The molecule has 98 valence electrons. The number of carbonyl (C=O) groups excluding carboxylic acids is 1. The summed E-state index contributed by atoms with van der Waals surface area (Å²) in [6.07, 6.45) is -1.14. The van der Waals surface area contributed by atoms with E-state index >= 15 is 0 Å². The third-order valence-electron chi connectivity index (χ3n) is 2.64. The van der Waals surface area contributed by atoms with Gasteiger partial charge in [0.25, 0.3) is 0 Å². The summed E-state index contributed by atoms with van der Waals surface area (Å²) in [5.41, 5.74) is 6.11. The molecule has 0 aliphatic carbocycles. The van der Waals surface area contributed by atoms with Crippen molar-refractivity contribution in [1.82, 2.24) is 0 Å². The number of rotatable bonds is 4. The number of carbonyl (C=O) groups is 1. The van der Waals surface area contributed by atoms with Crippen LogP contribution < -0.4 is 15.2 Å². The third kappa shape index (κ3) is 2.39. The fourth-order valence-electron chi connectivity index (χ4n) is 1.67. The molecule has 0 bridgehead atoms. The molecule has 1 aliphatic heterocycles. The monoisotopic (exact) mass is 253 g/mol. The Morgan fingerprint density at radius 1 is 1.50 bits per heavy atom. The topological polar surface area (TPSA) is 91.0 Å². The van der Waals surface area contributed by atoms with Gasteiger partial charge in [0.1, 0.15) is 12.1 Å². The largest absolute Gasteiger partial charge is 0.465 e. The Labute approximate surface area is 104 Å². The van der Waals surface area contributed by atoms with Crippen molar-refractivity contribution in [1.29, 1.82) is 0 Å². The van der Waals surface area contributed by atoms with E-state index in [9.17, 15) is 9.90 Å². The van der Waals surface area contributed by atoms with Crippen molar-refractivity contribution in [2.24, 2.45) is 5.73 Å². The van der Waals surface area contributed by atoms with Crippen LogP contribution in [0.15, 0.2) is 18.2 Å². The number of ether oxygens (including phenoxy) is 3. The Bertz CT molecular complexity index is 448. The van der Waals surface area contributed by atoms with Gasteiger partial charge < -0.3 is 25.1 Å². The number of esters is 1. The Balaban J connectivity index is 2.13. The molecule has 2 atom stereocenters. The van der Waals surface area contributed by atoms with Gasteiger partial charge >= 0.3 is 5.97 Å². The highest BCUT2D eigenvalue weighted by Crippen LogP contribution is 2.34. The number of fused-ring (bicyclic) bond motifs is 1. The van der Waals surface area contributed by atoms with E-state index in [4.69, 9.17) is 19.9 Å². The zero-order chi connectivity index (χ0) is 13.1. The van der Waals surface area contributed by atoms with Crippen molar-refractivity contribution in [3.8, 4) is 11.5 Å². The maximum absolute atomic E-state index is 11.4. The van der Waals surface area contributed by atoms with Gasteiger partial charge in [-0.3, -0.25) is 4.79 Å². The van der Waals surface area contributed by atoms with Gasteiger partial charge in [0.2, 0.25) is 6.79 Å². The maximum Gasteiger partial charge on any atom is 0.325 e. The Morgan fingerprint density at radius 3 is 2.94 bits per heavy atom. The van der Waals surface area contributed by atoms with Gasteiger partial charge in [0.05, 0.1) is 6.61 Å². The van der Waals surface area contributed by atoms with Crippen LogP contribution in [-0.4, -0.2) is 30.5 Å². The molecule has 6 heteroatoms.